The molecule has 0 saturated heterocycles. The minimum absolute atomic E-state index is 0.0548. The molecule has 0 atom stereocenters. The number of hydrogen-bond acceptors (Lipinski definition) is 3. The molecule has 6 heteroatoms. The van der Waals surface area contributed by atoms with Crippen LogP contribution in [0, 0.1) is 0 Å². The average molecular weight is 357 g/mol. The van der Waals surface area contributed by atoms with E-state index in [9.17, 15) is 13.6 Å². The molecule has 0 N–H and O–H groups in total. The van der Waals surface area contributed by atoms with Crippen molar-refractivity contribution in [2.75, 3.05) is 0 Å². The number of ether oxygens (including phenoxy) is 2. The summed E-state index contributed by atoms with van der Waals surface area (Å²) >= 11 is 3.59. The van der Waals surface area contributed by atoms with Crippen LogP contribution in [-0.2, 0) is 10.2 Å². The quantitative estimate of drug-likeness (QED) is 0.700. The molecule has 1 saturated carbocycles. The highest BCUT2D eigenvalue weighted by atomic mass is 79.9. The second-order valence-corrected chi connectivity index (χ2v) is 6.52. The summed E-state index contributed by atoms with van der Waals surface area (Å²) in [5, 5.41) is 0. The van der Waals surface area contributed by atoms with E-state index in [0.29, 0.717) is 25.7 Å². The Balaban J connectivity index is 1.81. The van der Waals surface area contributed by atoms with Gasteiger partial charge in [0.15, 0.2) is 11.5 Å². The predicted molar refractivity (Wildman–Crippen MR) is 74.7 cm³/mol. The van der Waals surface area contributed by atoms with Crippen LogP contribution in [0.1, 0.15) is 36.8 Å². The zero-order valence-electron chi connectivity index (χ0n) is 10.9. The number of carbonyl (C=O) groups is 1. The molecule has 110 valence electrons. The molecule has 4 rings (SSSR count). The molecule has 1 spiro atoms. The van der Waals surface area contributed by atoms with Gasteiger partial charge in [-0.15, -0.1) is 8.78 Å². The molecule has 21 heavy (non-hydrogen) atoms. The first kappa shape index (κ1) is 13.2. The Kier molecular flexibility index (Phi) is 2.56. The van der Waals surface area contributed by atoms with E-state index in [-0.39, 0.29) is 22.7 Å². The second kappa shape index (κ2) is 4.06. The lowest BCUT2D eigenvalue weighted by Crippen LogP contribution is -2.30. The third kappa shape index (κ3) is 1.84. The lowest BCUT2D eigenvalue weighted by molar-refractivity contribution is -0.286. The van der Waals surface area contributed by atoms with E-state index in [1.807, 2.05) is 6.08 Å². The second-order valence-electron chi connectivity index (χ2n) is 5.67. The molecule has 0 unspecified atom stereocenters. The fraction of sp³-hybridized carbons (Fsp3) is 0.400. The number of hydrogen-bond donors (Lipinski definition) is 0. The van der Waals surface area contributed by atoms with E-state index in [0.717, 1.165) is 15.6 Å². The van der Waals surface area contributed by atoms with Crippen molar-refractivity contribution in [3.05, 3.63) is 27.7 Å². The van der Waals surface area contributed by atoms with E-state index in [4.69, 9.17) is 0 Å². The monoisotopic (exact) mass is 356 g/mol. The number of fused-ring (bicyclic) bond motifs is 3. The minimum Gasteiger partial charge on any atom is -0.395 e. The highest BCUT2D eigenvalue weighted by Gasteiger charge is 2.48. The summed E-state index contributed by atoms with van der Waals surface area (Å²) in [6.45, 7) is 0. The Morgan fingerprint density at radius 1 is 1.10 bits per heavy atom. The molecule has 1 aromatic rings. The van der Waals surface area contributed by atoms with E-state index < -0.39 is 6.29 Å². The summed E-state index contributed by atoms with van der Waals surface area (Å²) in [5.74, 6) is 0.367. The fourth-order valence-corrected chi connectivity index (χ4v) is 4.27. The molecule has 1 heterocycles. The van der Waals surface area contributed by atoms with Crippen molar-refractivity contribution < 1.29 is 23.0 Å². The number of benzene rings is 1. The van der Waals surface area contributed by atoms with Gasteiger partial charge in [-0.25, -0.2) is 0 Å². The summed E-state index contributed by atoms with van der Waals surface area (Å²) in [5.41, 5.74) is 1.48. The molecular weight excluding hydrogens is 346 g/mol. The lowest BCUT2D eigenvalue weighted by Gasteiger charge is -2.35. The Morgan fingerprint density at radius 2 is 1.71 bits per heavy atom. The molecule has 0 aromatic heterocycles. The van der Waals surface area contributed by atoms with E-state index >= 15 is 0 Å². The smallest absolute Gasteiger partial charge is 0.395 e. The van der Waals surface area contributed by atoms with Crippen molar-refractivity contribution in [2.24, 2.45) is 0 Å². The van der Waals surface area contributed by atoms with E-state index in [1.54, 1.807) is 12.1 Å². The van der Waals surface area contributed by atoms with Crippen molar-refractivity contribution in [3.8, 4) is 11.5 Å². The van der Waals surface area contributed by atoms with Crippen LogP contribution in [0.25, 0.3) is 6.08 Å². The highest BCUT2D eigenvalue weighted by molar-refractivity contribution is 9.11. The van der Waals surface area contributed by atoms with Crippen molar-refractivity contribution in [2.45, 2.75) is 37.4 Å². The number of alkyl halides is 2. The molecule has 1 aliphatic heterocycles. The van der Waals surface area contributed by atoms with Crippen LogP contribution in [0.15, 0.2) is 16.6 Å². The van der Waals surface area contributed by atoms with Gasteiger partial charge >= 0.3 is 6.29 Å². The summed E-state index contributed by atoms with van der Waals surface area (Å²) in [7, 11) is 0. The zero-order chi connectivity index (χ0) is 14.8. The fourth-order valence-electron chi connectivity index (χ4n) is 3.41. The highest BCUT2D eigenvalue weighted by Crippen LogP contribution is 2.56. The first-order valence-corrected chi connectivity index (χ1v) is 7.53. The van der Waals surface area contributed by atoms with Crippen LogP contribution in [0.2, 0.25) is 0 Å². The van der Waals surface area contributed by atoms with E-state index in [1.165, 1.54) is 0 Å². The molecule has 1 aromatic carbocycles. The number of Topliss-reactive ketones (excluding diaryl/α,β-unsaturated/α-hetero) is 1. The Morgan fingerprint density at radius 3 is 2.38 bits per heavy atom. The lowest BCUT2D eigenvalue weighted by atomic mass is 9.70. The summed E-state index contributed by atoms with van der Waals surface area (Å²) in [4.78, 5) is 11.5. The first-order valence-electron chi connectivity index (χ1n) is 6.73. The summed E-state index contributed by atoms with van der Waals surface area (Å²) < 4.78 is 36.4. The minimum atomic E-state index is -3.60. The number of carbonyl (C=O) groups excluding carboxylic acids is 1. The molecule has 2 aliphatic carbocycles. The van der Waals surface area contributed by atoms with Gasteiger partial charge in [-0.2, -0.15) is 0 Å². The topological polar surface area (TPSA) is 35.5 Å². The van der Waals surface area contributed by atoms with Crippen molar-refractivity contribution in [1.29, 1.82) is 0 Å². The molecule has 3 aliphatic rings. The Hall–Kier alpha value is -1.43. The van der Waals surface area contributed by atoms with Gasteiger partial charge in [-0.3, -0.25) is 4.79 Å². The third-order valence-corrected chi connectivity index (χ3v) is 5.48. The van der Waals surface area contributed by atoms with Crippen LogP contribution in [-0.4, -0.2) is 12.1 Å². The Labute approximate surface area is 128 Å². The van der Waals surface area contributed by atoms with Gasteiger partial charge in [-0.05, 0) is 42.2 Å². The van der Waals surface area contributed by atoms with Crippen LogP contribution < -0.4 is 9.47 Å². The number of halogens is 3. The van der Waals surface area contributed by atoms with Crippen LogP contribution in [0.5, 0.6) is 11.5 Å². The molecular formula is C15H11BrF2O3. The maximum Gasteiger partial charge on any atom is 0.586 e. The zero-order valence-corrected chi connectivity index (χ0v) is 12.5. The largest absolute Gasteiger partial charge is 0.586 e. The SMILES string of the molecule is O=C1CCC2(CC1)C(Br)=Cc1cc3c(cc12)OC(F)(F)O3. The first-order chi connectivity index (χ1) is 9.90. The number of rotatable bonds is 0. The predicted octanol–water partition coefficient (Wildman–Crippen LogP) is 4.14. The summed E-state index contributed by atoms with van der Waals surface area (Å²) in [6.07, 6.45) is 0.706. The van der Waals surface area contributed by atoms with Crippen LogP contribution in [0.3, 0.4) is 0 Å². The van der Waals surface area contributed by atoms with Crippen LogP contribution in [0.4, 0.5) is 8.78 Å². The molecule has 0 radical (unpaired) electrons. The maximum absolute atomic E-state index is 13.2. The van der Waals surface area contributed by atoms with Gasteiger partial charge in [0.05, 0.1) is 0 Å². The molecule has 0 amide bonds. The molecule has 3 nitrogen and oxygen atoms in total. The standard InChI is InChI=1S/C15H11BrF2O3/c16-13-6-8-5-11-12(21-15(17,18)20-11)7-10(8)14(13)3-1-9(19)2-4-14/h5-7H,1-4H2. The van der Waals surface area contributed by atoms with Gasteiger partial charge in [0.25, 0.3) is 0 Å². The van der Waals surface area contributed by atoms with Gasteiger partial charge in [0.1, 0.15) is 5.78 Å². The molecule has 0 bridgehead atoms. The Bertz CT molecular complexity index is 686. The average Bonchev–Trinajstić information content (AvgIpc) is 2.84. The van der Waals surface area contributed by atoms with E-state index in [2.05, 4.69) is 25.4 Å². The number of allylic oxidation sites excluding steroid dienone is 1. The maximum atomic E-state index is 13.2. The third-order valence-electron chi connectivity index (χ3n) is 4.49. The van der Waals surface area contributed by atoms with Gasteiger partial charge in [0, 0.05) is 22.7 Å². The number of ketones is 1. The van der Waals surface area contributed by atoms with Gasteiger partial charge < -0.3 is 9.47 Å². The van der Waals surface area contributed by atoms with Crippen LogP contribution >= 0.6 is 15.9 Å². The molecule has 1 fully saturated rings. The van der Waals surface area contributed by atoms with Gasteiger partial charge in [-0.1, -0.05) is 15.9 Å². The summed E-state index contributed by atoms with van der Waals surface area (Å²) in [6, 6.07) is 3.21. The van der Waals surface area contributed by atoms with Crippen molar-refractivity contribution >= 4 is 27.8 Å². The normalized spacial score (nSPS) is 24.1. The van der Waals surface area contributed by atoms with Gasteiger partial charge in [0.2, 0.25) is 0 Å². The van der Waals surface area contributed by atoms with Crippen molar-refractivity contribution in [3.63, 3.8) is 0 Å². The van der Waals surface area contributed by atoms with Crippen molar-refractivity contribution in [1.82, 2.24) is 0 Å².